The summed E-state index contributed by atoms with van der Waals surface area (Å²) in [6.45, 7) is 3.65. The second-order valence-electron chi connectivity index (χ2n) is 3.77. The number of benzene rings is 1. The normalized spacial score (nSPS) is 11.4. The Morgan fingerprint density at radius 1 is 1.37 bits per heavy atom. The average Bonchev–Trinajstić information content (AvgIpc) is 2.45. The molecule has 0 spiro atoms. The van der Waals surface area contributed by atoms with Crippen LogP contribution < -0.4 is 5.43 Å². The molecule has 6 nitrogen and oxygen atoms in total. The van der Waals surface area contributed by atoms with Gasteiger partial charge in [0, 0.05) is 5.39 Å². The van der Waals surface area contributed by atoms with Crippen LogP contribution in [0.5, 0.6) is 0 Å². The van der Waals surface area contributed by atoms with Crippen LogP contribution >= 0.6 is 0 Å². The largest absolute Gasteiger partial charge is 0.461 e. The van der Waals surface area contributed by atoms with Crippen molar-refractivity contribution < 1.29 is 9.53 Å². The minimum absolute atomic E-state index is 0.240. The highest BCUT2D eigenvalue weighted by Gasteiger charge is 2.07. The molecule has 0 fully saturated rings. The standard InChI is InChI=1S/C13H14N4O2/c1-3-19-13(18)9(2)16-17-12-10-6-4-5-7-11(10)14-8-15-12/h4-8H,3H2,1-2H3,(H,14,15,17)/b16-9+. The van der Waals surface area contributed by atoms with Crippen molar-refractivity contribution in [3.63, 3.8) is 0 Å². The third-order valence-electron chi connectivity index (χ3n) is 2.44. The minimum atomic E-state index is -0.451. The molecule has 2 aromatic rings. The van der Waals surface area contributed by atoms with Crippen molar-refractivity contribution in [1.82, 2.24) is 9.97 Å². The predicted molar refractivity (Wildman–Crippen MR) is 72.9 cm³/mol. The Balaban J connectivity index is 2.22. The summed E-state index contributed by atoms with van der Waals surface area (Å²) in [6, 6.07) is 7.54. The van der Waals surface area contributed by atoms with E-state index in [9.17, 15) is 4.79 Å². The van der Waals surface area contributed by atoms with E-state index in [0.29, 0.717) is 12.4 Å². The van der Waals surface area contributed by atoms with E-state index in [1.165, 1.54) is 6.33 Å². The van der Waals surface area contributed by atoms with Gasteiger partial charge in [0.15, 0.2) is 5.82 Å². The fourth-order valence-corrected chi connectivity index (χ4v) is 1.51. The first-order valence-electron chi connectivity index (χ1n) is 5.89. The molecule has 1 aromatic carbocycles. The molecule has 0 atom stereocenters. The molecule has 0 aliphatic heterocycles. The number of rotatable bonds is 4. The van der Waals surface area contributed by atoms with Gasteiger partial charge in [-0.2, -0.15) is 5.10 Å². The van der Waals surface area contributed by atoms with Gasteiger partial charge in [-0.05, 0) is 26.0 Å². The quantitative estimate of drug-likeness (QED) is 0.515. The fourth-order valence-electron chi connectivity index (χ4n) is 1.51. The van der Waals surface area contributed by atoms with E-state index < -0.39 is 5.97 Å². The Kier molecular flexibility index (Phi) is 4.02. The SMILES string of the molecule is CCOC(=O)/C(C)=N/Nc1ncnc2ccccc12. The maximum atomic E-state index is 11.4. The minimum Gasteiger partial charge on any atom is -0.461 e. The molecule has 0 radical (unpaired) electrons. The van der Waals surface area contributed by atoms with Crippen LogP contribution in [0, 0.1) is 0 Å². The molecule has 0 unspecified atom stereocenters. The lowest BCUT2D eigenvalue weighted by molar-refractivity contribution is -0.135. The summed E-state index contributed by atoms with van der Waals surface area (Å²) in [6.07, 6.45) is 1.44. The number of fused-ring (bicyclic) bond motifs is 1. The number of hydrogen-bond donors (Lipinski definition) is 1. The number of nitrogens with zero attached hydrogens (tertiary/aromatic N) is 3. The Hall–Kier alpha value is -2.50. The third-order valence-corrected chi connectivity index (χ3v) is 2.44. The molecular formula is C13H14N4O2. The Labute approximate surface area is 110 Å². The van der Waals surface area contributed by atoms with Gasteiger partial charge in [0.05, 0.1) is 12.1 Å². The van der Waals surface area contributed by atoms with Crippen molar-refractivity contribution in [3.8, 4) is 0 Å². The van der Waals surface area contributed by atoms with Gasteiger partial charge >= 0.3 is 5.97 Å². The van der Waals surface area contributed by atoms with Crippen molar-refractivity contribution in [1.29, 1.82) is 0 Å². The molecule has 1 heterocycles. The van der Waals surface area contributed by atoms with Gasteiger partial charge in [0.1, 0.15) is 12.0 Å². The van der Waals surface area contributed by atoms with E-state index in [1.807, 2.05) is 24.3 Å². The highest BCUT2D eigenvalue weighted by molar-refractivity contribution is 6.35. The first-order valence-corrected chi connectivity index (χ1v) is 5.89. The first-order chi connectivity index (χ1) is 9.22. The van der Waals surface area contributed by atoms with E-state index in [2.05, 4.69) is 20.5 Å². The van der Waals surface area contributed by atoms with Crippen LogP contribution in [-0.2, 0) is 9.53 Å². The van der Waals surface area contributed by atoms with Gasteiger partial charge in [0.2, 0.25) is 0 Å². The van der Waals surface area contributed by atoms with Gasteiger partial charge in [-0.15, -0.1) is 0 Å². The molecule has 0 aliphatic carbocycles. The number of anilines is 1. The van der Waals surface area contributed by atoms with Gasteiger partial charge in [-0.25, -0.2) is 14.8 Å². The Bertz CT molecular complexity index is 620. The van der Waals surface area contributed by atoms with Crippen molar-refractivity contribution in [2.24, 2.45) is 5.10 Å². The summed E-state index contributed by atoms with van der Waals surface area (Å²) in [5.74, 6) is 0.0996. The summed E-state index contributed by atoms with van der Waals surface area (Å²) >= 11 is 0. The maximum Gasteiger partial charge on any atom is 0.354 e. The summed E-state index contributed by atoms with van der Waals surface area (Å²) < 4.78 is 4.84. The molecule has 98 valence electrons. The average molecular weight is 258 g/mol. The molecule has 1 aromatic heterocycles. The van der Waals surface area contributed by atoms with Crippen molar-refractivity contribution >= 4 is 28.4 Å². The molecule has 0 saturated heterocycles. The smallest absolute Gasteiger partial charge is 0.354 e. The van der Waals surface area contributed by atoms with E-state index >= 15 is 0 Å². The number of hydrazone groups is 1. The number of esters is 1. The van der Waals surface area contributed by atoms with Crippen LogP contribution in [0.3, 0.4) is 0 Å². The molecule has 0 aliphatic rings. The molecule has 2 rings (SSSR count). The molecule has 6 heteroatoms. The molecule has 0 amide bonds. The van der Waals surface area contributed by atoms with Crippen molar-refractivity contribution in [2.45, 2.75) is 13.8 Å². The monoisotopic (exact) mass is 258 g/mol. The molecule has 1 N–H and O–H groups in total. The van der Waals surface area contributed by atoms with Crippen LogP contribution in [0.4, 0.5) is 5.82 Å². The van der Waals surface area contributed by atoms with Crippen LogP contribution in [0.1, 0.15) is 13.8 Å². The number of aromatic nitrogens is 2. The zero-order valence-corrected chi connectivity index (χ0v) is 10.8. The highest BCUT2D eigenvalue weighted by atomic mass is 16.5. The topological polar surface area (TPSA) is 76.5 Å². The number of hydrogen-bond acceptors (Lipinski definition) is 6. The lowest BCUT2D eigenvalue weighted by Gasteiger charge is -2.05. The van der Waals surface area contributed by atoms with Crippen LogP contribution in [0.15, 0.2) is 35.7 Å². The highest BCUT2D eigenvalue weighted by Crippen LogP contribution is 2.18. The summed E-state index contributed by atoms with van der Waals surface area (Å²) in [5, 5.41) is 4.80. The van der Waals surface area contributed by atoms with Gasteiger partial charge in [0.25, 0.3) is 0 Å². The van der Waals surface area contributed by atoms with Crippen LogP contribution in [-0.4, -0.2) is 28.3 Å². The number of carbonyl (C=O) groups is 1. The second kappa shape index (κ2) is 5.90. The van der Waals surface area contributed by atoms with Crippen molar-refractivity contribution in [2.75, 3.05) is 12.0 Å². The predicted octanol–water partition coefficient (Wildman–Crippen LogP) is 1.98. The summed E-state index contributed by atoms with van der Waals surface area (Å²) in [7, 11) is 0. The molecule has 0 saturated carbocycles. The number of nitrogens with one attached hydrogen (secondary N) is 1. The van der Waals surface area contributed by atoms with Crippen LogP contribution in [0.25, 0.3) is 10.9 Å². The summed E-state index contributed by atoms with van der Waals surface area (Å²) in [4.78, 5) is 19.6. The fraction of sp³-hybridized carbons (Fsp3) is 0.231. The number of para-hydroxylation sites is 1. The van der Waals surface area contributed by atoms with E-state index in [1.54, 1.807) is 13.8 Å². The summed E-state index contributed by atoms with van der Waals surface area (Å²) in [5.41, 5.74) is 3.81. The lowest BCUT2D eigenvalue weighted by atomic mass is 10.2. The number of carbonyl (C=O) groups excluding carboxylic acids is 1. The molecular weight excluding hydrogens is 244 g/mol. The first kappa shape index (κ1) is 12.9. The van der Waals surface area contributed by atoms with Gasteiger partial charge in [-0.1, -0.05) is 12.1 Å². The Morgan fingerprint density at radius 3 is 2.95 bits per heavy atom. The second-order valence-corrected chi connectivity index (χ2v) is 3.77. The zero-order chi connectivity index (χ0) is 13.7. The van der Waals surface area contributed by atoms with Crippen LogP contribution in [0.2, 0.25) is 0 Å². The lowest BCUT2D eigenvalue weighted by Crippen LogP contribution is -2.15. The van der Waals surface area contributed by atoms with Gasteiger partial charge < -0.3 is 4.74 Å². The van der Waals surface area contributed by atoms with Crippen molar-refractivity contribution in [3.05, 3.63) is 30.6 Å². The zero-order valence-electron chi connectivity index (χ0n) is 10.8. The van der Waals surface area contributed by atoms with E-state index in [0.717, 1.165) is 10.9 Å². The Morgan fingerprint density at radius 2 is 2.16 bits per heavy atom. The van der Waals surface area contributed by atoms with E-state index in [-0.39, 0.29) is 5.71 Å². The third kappa shape index (κ3) is 3.04. The van der Waals surface area contributed by atoms with E-state index in [4.69, 9.17) is 4.74 Å². The maximum absolute atomic E-state index is 11.4. The molecule has 19 heavy (non-hydrogen) atoms. The molecule has 0 bridgehead atoms. The number of ether oxygens (including phenoxy) is 1. The van der Waals surface area contributed by atoms with Gasteiger partial charge in [-0.3, -0.25) is 5.43 Å².